The van der Waals surface area contributed by atoms with Crippen LogP contribution in [0.2, 0.25) is 0 Å². The maximum atomic E-state index is 12.6. The predicted molar refractivity (Wildman–Crippen MR) is 95.7 cm³/mol. The number of thiazole rings is 1. The van der Waals surface area contributed by atoms with E-state index in [0.29, 0.717) is 47.6 Å². The van der Waals surface area contributed by atoms with Crippen LogP contribution in [0, 0.1) is 6.92 Å². The summed E-state index contributed by atoms with van der Waals surface area (Å²) < 4.78 is 6.17. The third kappa shape index (κ3) is 3.82. The Morgan fingerprint density at radius 3 is 2.58 bits per heavy atom. The first-order valence-corrected chi connectivity index (χ1v) is 9.07. The summed E-state index contributed by atoms with van der Waals surface area (Å²) in [5, 5.41) is 3.18. The molecule has 1 aromatic carbocycles. The highest BCUT2D eigenvalue weighted by atomic mass is 79.9. The van der Waals surface area contributed by atoms with Gasteiger partial charge >= 0.3 is 0 Å². The first kappa shape index (κ1) is 17.1. The molecule has 8 heteroatoms. The summed E-state index contributed by atoms with van der Waals surface area (Å²) >= 11 is 4.54. The lowest BCUT2D eigenvalue weighted by molar-refractivity contribution is 0.0305. The molecule has 1 aliphatic heterocycles. The molecule has 0 spiro atoms. The number of aryl methyl sites for hydroxylation is 1. The number of hydrogen-bond donors (Lipinski definition) is 1. The van der Waals surface area contributed by atoms with Gasteiger partial charge in [-0.25, -0.2) is 4.98 Å². The minimum atomic E-state index is -0.248. The lowest BCUT2D eigenvalue weighted by Gasteiger charge is -2.26. The van der Waals surface area contributed by atoms with Crippen molar-refractivity contribution in [2.75, 3.05) is 31.6 Å². The first-order chi connectivity index (χ1) is 11.5. The van der Waals surface area contributed by atoms with Gasteiger partial charge in [-0.2, -0.15) is 0 Å². The number of hydrogen-bond acceptors (Lipinski definition) is 5. The van der Waals surface area contributed by atoms with Gasteiger partial charge in [-0.15, -0.1) is 0 Å². The molecule has 1 aromatic heterocycles. The Balaban J connectivity index is 1.72. The Morgan fingerprint density at radius 2 is 1.92 bits per heavy atom. The number of aromatic nitrogens is 1. The molecule has 24 heavy (non-hydrogen) atoms. The number of carbonyl (C=O) groups is 2. The molecule has 0 saturated carbocycles. The van der Waals surface area contributed by atoms with E-state index in [9.17, 15) is 9.59 Å². The maximum absolute atomic E-state index is 12.6. The van der Waals surface area contributed by atoms with Gasteiger partial charge in [0.05, 0.1) is 18.9 Å². The van der Waals surface area contributed by atoms with Crippen LogP contribution in [0.1, 0.15) is 25.7 Å². The van der Waals surface area contributed by atoms with E-state index in [-0.39, 0.29) is 11.8 Å². The molecule has 0 aliphatic carbocycles. The van der Waals surface area contributed by atoms with Crippen molar-refractivity contribution in [2.45, 2.75) is 6.92 Å². The van der Waals surface area contributed by atoms with Crippen molar-refractivity contribution >= 4 is 44.2 Å². The second-order valence-electron chi connectivity index (χ2n) is 5.30. The molecular formula is C16H16BrN3O3S. The van der Waals surface area contributed by atoms with Crippen molar-refractivity contribution in [1.29, 1.82) is 0 Å². The fraction of sp³-hybridized carbons (Fsp3) is 0.312. The summed E-state index contributed by atoms with van der Waals surface area (Å²) in [5.41, 5.74) is 1.16. The van der Waals surface area contributed by atoms with Crippen LogP contribution < -0.4 is 5.32 Å². The average molecular weight is 410 g/mol. The zero-order valence-electron chi connectivity index (χ0n) is 13.0. The molecular weight excluding hydrogens is 394 g/mol. The third-order valence-corrected chi connectivity index (χ3v) is 5.21. The molecule has 3 rings (SSSR count). The van der Waals surface area contributed by atoms with Gasteiger partial charge in [0, 0.05) is 23.1 Å². The third-order valence-electron chi connectivity index (χ3n) is 3.62. The van der Waals surface area contributed by atoms with E-state index in [1.165, 1.54) is 11.3 Å². The highest BCUT2D eigenvalue weighted by Gasteiger charge is 2.23. The normalized spacial score (nSPS) is 14.5. The van der Waals surface area contributed by atoms with Gasteiger partial charge in [-0.1, -0.05) is 27.3 Å². The number of nitrogens with one attached hydrogen (secondary N) is 1. The van der Waals surface area contributed by atoms with Gasteiger partial charge in [0.15, 0.2) is 5.13 Å². The number of nitrogens with zero attached hydrogens (tertiary/aromatic N) is 2. The Labute approximate surface area is 152 Å². The van der Waals surface area contributed by atoms with Gasteiger partial charge in [-0.3, -0.25) is 14.9 Å². The SMILES string of the molecule is Cc1nc(NC(=O)c2ccc(Br)cc2)sc1C(=O)N1CCOCC1. The molecule has 0 atom stereocenters. The van der Waals surface area contributed by atoms with Gasteiger partial charge in [0.25, 0.3) is 11.8 Å². The molecule has 0 unspecified atom stereocenters. The number of amides is 2. The number of carbonyl (C=O) groups excluding carboxylic acids is 2. The summed E-state index contributed by atoms with van der Waals surface area (Å²) in [6.45, 7) is 4.04. The number of halogens is 1. The van der Waals surface area contributed by atoms with Crippen LogP contribution >= 0.6 is 27.3 Å². The summed E-state index contributed by atoms with van der Waals surface area (Å²) in [4.78, 5) is 31.4. The van der Waals surface area contributed by atoms with Gasteiger partial charge in [0.1, 0.15) is 4.88 Å². The van der Waals surface area contributed by atoms with E-state index in [1.54, 1.807) is 36.1 Å². The Kier molecular flexibility index (Phi) is 5.27. The van der Waals surface area contributed by atoms with Gasteiger partial charge < -0.3 is 9.64 Å². The van der Waals surface area contributed by atoms with Crippen LogP contribution in [0.5, 0.6) is 0 Å². The summed E-state index contributed by atoms with van der Waals surface area (Å²) in [6, 6.07) is 7.05. The first-order valence-electron chi connectivity index (χ1n) is 7.46. The van der Waals surface area contributed by atoms with E-state index in [4.69, 9.17) is 4.74 Å². The van der Waals surface area contributed by atoms with Crippen molar-refractivity contribution in [3.63, 3.8) is 0 Å². The average Bonchev–Trinajstić information content (AvgIpc) is 2.95. The van der Waals surface area contributed by atoms with Crippen LogP contribution in [-0.2, 0) is 4.74 Å². The topological polar surface area (TPSA) is 71.5 Å². The van der Waals surface area contributed by atoms with Gasteiger partial charge in [0.2, 0.25) is 0 Å². The number of anilines is 1. The number of rotatable bonds is 3. The fourth-order valence-electron chi connectivity index (χ4n) is 2.33. The van der Waals surface area contributed by atoms with E-state index < -0.39 is 0 Å². The molecule has 1 N–H and O–H groups in total. The number of ether oxygens (including phenoxy) is 1. The predicted octanol–water partition coefficient (Wildman–Crippen LogP) is 2.94. The minimum Gasteiger partial charge on any atom is -0.378 e. The second kappa shape index (κ2) is 7.42. The Bertz CT molecular complexity index is 754. The zero-order chi connectivity index (χ0) is 17.1. The molecule has 6 nitrogen and oxygen atoms in total. The van der Waals surface area contributed by atoms with Crippen LogP contribution in [0.4, 0.5) is 5.13 Å². The van der Waals surface area contributed by atoms with Crippen molar-refractivity contribution in [3.8, 4) is 0 Å². The highest BCUT2D eigenvalue weighted by Crippen LogP contribution is 2.25. The molecule has 126 valence electrons. The van der Waals surface area contributed by atoms with E-state index in [1.807, 2.05) is 0 Å². The van der Waals surface area contributed by atoms with E-state index >= 15 is 0 Å². The smallest absolute Gasteiger partial charge is 0.266 e. The quantitative estimate of drug-likeness (QED) is 0.845. The van der Waals surface area contributed by atoms with E-state index in [0.717, 1.165) is 4.47 Å². The van der Waals surface area contributed by atoms with Gasteiger partial charge in [-0.05, 0) is 31.2 Å². The van der Waals surface area contributed by atoms with Crippen molar-refractivity contribution in [2.24, 2.45) is 0 Å². The molecule has 0 radical (unpaired) electrons. The number of morpholine rings is 1. The maximum Gasteiger partial charge on any atom is 0.266 e. The molecule has 1 saturated heterocycles. The van der Waals surface area contributed by atoms with Crippen LogP contribution in [0.15, 0.2) is 28.7 Å². The molecule has 2 aromatic rings. The lowest BCUT2D eigenvalue weighted by atomic mass is 10.2. The van der Waals surface area contributed by atoms with Crippen LogP contribution in [-0.4, -0.2) is 48.0 Å². The monoisotopic (exact) mass is 409 g/mol. The molecule has 0 bridgehead atoms. The largest absolute Gasteiger partial charge is 0.378 e. The van der Waals surface area contributed by atoms with Crippen molar-refractivity contribution in [1.82, 2.24) is 9.88 Å². The standard InChI is InChI=1S/C16H16BrN3O3S/c1-10-13(15(22)20-6-8-23-9-7-20)24-16(18-10)19-14(21)11-2-4-12(17)5-3-11/h2-5H,6-9H2,1H3,(H,18,19,21). The molecule has 1 fully saturated rings. The lowest BCUT2D eigenvalue weighted by Crippen LogP contribution is -2.40. The van der Waals surface area contributed by atoms with Crippen LogP contribution in [0.25, 0.3) is 0 Å². The second-order valence-corrected chi connectivity index (χ2v) is 7.21. The molecule has 2 amide bonds. The molecule has 1 aliphatic rings. The van der Waals surface area contributed by atoms with Crippen LogP contribution in [0.3, 0.4) is 0 Å². The van der Waals surface area contributed by atoms with E-state index in [2.05, 4.69) is 26.2 Å². The Hall–Kier alpha value is -1.77. The Morgan fingerprint density at radius 1 is 1.25 bits per heavy atom. The van der Waals surface area contributed by atoms with Crippen molar-refractivity contribution in [3.05, 3.63) is 44.9 Å². The summed E-state index contributed by atoms with van der Waals surface area (Å²) in [7, 11) is 0. The minimum absolute atomic E-state index is 0.0579. The number of benzene rings is 1. The highest BCUT2D eigenvalue weighted by molar-refractivity contribution is 9.10. The fourth-order valence-corrected chi connectivity index (χ4v) is 3.52. The van der Waals surface area contributed by atoms with Crippen molar-refractivity contribution < 1.29 is 14.3 Å². The summed E-state index contributed by atoms with van der Waals surface area (Å²) in [5.74, 6) is -0.306. The molecule has 2 heterocycles. The zero-order valence-corrected chi connectivity index (χ0v) is 15.4. The summed E-state index contributed by atoms with van der Waals surface area (Å²) in [6.07, 6.45) is 0.